The first kappa shape index (κ1) is 16.1. The molecule has 0 amide bonds. The molecule has 0 spiro atoms. The van der Waals surface area contributed by atoms with Crippen LogP contribution in [0.1, 0.15) is 11.1 Å². The fraction of sp³-hybridized carbons (Fsp3) is 0.333. The van der Waals surface area contributed by atoms with Crippen LogP contribution in [-0.4, -0.2) is 16.8 Å². The Kier molecular flexibility index (Phi) is 7.79. The maximum absolute atomic E-state index is 9.39. The summed E-state index contributed by atoms with van der Waals surface area (Å²) in [6.45, 7) is 4.24. The molecular weight excluding hydrogens is 264 g/mol. The Bertz CT molecular complexity index is 398. The van der Waals surface area contributed by atoms with Crippen LogP contribution in [0, 0.1) is 13.8 Å². The van der Waals surface area contributed by atoms with E-state index in [0.717, 1.165) is 0 Å². The second-order valence-corrected chi connectivity index (χ2v) is 4.71. The Morgan fingerprint density at radius 2 is 1.65 bits per heavy atom. The smallest absolute Gasteiger partial charge is 0.388 e. The minimum absolute atomic E-state index is 1.18. The number of benzene rings is 1. The largest absolute Gasteiger partial charge is 0.745 e. The number of nitrogens with one attached hydrogen (secondary N) is 1. The van der Waals surface area contributed by atoms with E-state index in [1.54, 1.807) is 0 Å². The van der Waals surface area contributed by atoms with Crippen molar-refractivity contribution in [3.63, 3.8) is 0 Å². The lowest BCUT2D eigenvalue weighted by atomic mass is 10.1. The van der Waals surface area contributed by atoms with Gasteiger partial charge in [-0.1, -0.05) is 6.07 Å². The standard InChI is InChI=1S/C9H13N.O5P2/c1-7-4-5-9(10-3)6-8(7)2;1-6(2)5-7(3)4/h4-6,10H,1-3H3;/p+2. The maximum Gasteiger partial charge on any atom is 0.745 e. The van der Waals surface area contributed by atoms with Crippen molar-refractivity contribution in [2.45, 2.75) is 13.8 Å². The molecule has 0 saturated heterocycles. The van der Waals surface area contributed by atoms with Gasteiger partial charge in [0.2, 0.25) is 0 Å². The van der Waals surface area contributed by atoms with Crippen molar-refractivity contribution in [1.29, 1.82) is 0 Å². The molecule has 0 aliphatic heterocycles. The van der Waals surface area contributed by atoms with E-state index in [4.69, 9.17) is 9.79 Å². The van der Waals surface area contributed by atoms with Gasteiger partial charge < -0.3 is 5.32 Å². The highest BCUT2D eigenvalue weighted by molar-refractivity contribution is 7.46. The van der Waals surface area contributed by atoms with Crippen molar-refractivity contribution >= 4 is 22.2 Å². The van der Waals surface area contributed by atoms with Gasteiger partial charge in [0.25, 0.3) is 0 Å². The summed E-state index contributed by atoms with van der Waals surface area (Å²) in [5, 5.41) is 3.10. The number of aryl methyl sites for hydroxylation is 2. The molecule has 0 aromatic heterocycles. The van der Waals surface area contributed by atoms with Crippen LogP contribution in [0.3, 0.4) is 0 Å². The number of rotatable bonds is 3. The molecule has 2 atom stereocenters. The van der Waals surface area contributed by atoms with Crippen molar-refractivity contribution < 1.29 is 23.2 Å². The van der Waals surface area contributed by atoms with Gasteiger partial charge in [0, 0.05) is 21.9 Å². The van der Waals surface area contributed by atoms with Gasteiger partial charge in [-0.15, -0.1) is 9.79 Å². The summed E-state index contributed by atoms with van der Waals surface area (Å²) in [6, 6.07) is 6.36. The molecule has 1 rings (SSSR count). The van der Waals surface area contributed by atoms with Crippen LogP contribution in [0.2, 0.25) is 0 Å². The van der Waals surface area contributed by atoms with Crippen LogP contribution in [0.15, 0.2) is 18.2 Å². The molecule has 0 aliphatic carbocycles. The van der Waals surface area contributed by atoms with Crippen LogP contribution >= 0.6 is 16.5 Å². The molecule has 0 aliphatic rings. The highest BCUT2D eigenvalue weighted by Gasteiger charge is 2.31. The average molecular weight is 279 g/mol. The SMILES string of the molecule is CNc1ccc(C)c(C)c1.O=[P+](O)O[P+](=O)O. The molecule has 0 heterocycles. The lowest BCUT2D eigenvalue weighted by molar-refractivity contribution is 0.371. The van der Waals surface area contributed by atoms with Gasteiger partial charge >= 0.3 is 16.5 Å². The number of hydrogen-bond donors (Lipinski definition) is 3. The Labute approximate surface area is 102 Å². The van der Waals surface area contributed by atoms with E-state index in [1.807, 2.05) is 7.05 Å². The van der Waals surface area contributed by atoms with E-state index in [1.165, 1.54) is 16.8 Å². The molecule has 2 unspecified atom stereocenters. The van der Waals surface area contributed by atoms with Gasteiger partial charge in [0.1, 0.15) is 0 Å². The zero-order valence-corrected chi connectivity index (χ0v) is 11.5. The second kappa shape index (κ2) is 8.23. The summed E-state index contributed by atoms with van der Waals surface area (Å²) in [4.78, 5) is 15.3. The molecular formula is C9H15NO5P2+2. The molecule has 8 heteroatoms. The van der Waals surface area contributed by atoms with Crippen LogP contribution in [0.4, 0.5) is 5.69 Å². The Morgan fingerprint density at radius 3 is 1.94 bits per heavy atom. The molecule has 1 aromatic carbocycles. The predicted molar refractivity (Wildman–Crippen MR) is 66.2 cm³/mol. The highest BCUT2D eigenvalue weighted by Crippen LogP contribution is 2.30. The molecule has 0 fully saturated rings. The van der Waals surface area contributed by atoms with E-state index < -0.39 is 16.5 Å². The first-order valence-corrected chi connectivity index (χ1v) is 6.88. The third-order valence-electron chi connectivity index (χ3n) is 1.94. The normalized spacial score (nSPS) is 11.1. The van der Waals surface area contributed by atoms with Gasteiger partial charge in [-0.3, -0.25) is 0 Å². The van der Waals surface area contributed by atoms with Crippen LogP contribution in [0.25, 0.3) is 0 Å². The van der Waals surface area contributed by atoms with Crippen LogP contribution in [0.5, 0.6) is 0 Å². The number of anilines is 1. The lowest BCUT2D eigenvalue weighted by Gasteiger charge is -2.02. The fourth-order valence-corrected chi connectivity index (χ4v) is 1.43. The van der Waals surface area contributed by atoms with E-state index in [2.05, 4.69) is 41.7 Å². The first-order valence-electron chi connectivity index (χ1n) is 4.62. The molecule has 94 valence electrons. The molecule has 1 aromatic rings. The van der Waals surface area contributed by atoms with Crippen molar-refractivity contribution in [3.05, 3.63) is 29.3 Å². The van der Waals surface area contributed by atoms with E-state index in [0.29, 0.717) is 0 Å². The molecule has 0 bridgehead atoms. The molecule has 3 N–H and O–H groups in total. The summed E-state index contributed by atoms with van der Waals surface area (Å²) >= 11 is 0. The third kappa shape index (κ3) is 7.91. The summed E-state index contributed by atoms with van der Waals surface area (Å²) in [7, 11) is -3.91. The van der Waals surface area contributed by atoms with Gasteiger partial charge in [-0.25, -0.2) is 0 Å². The summed E-state index contributed by atoms with van der Waals surface area (Å²) in [5.74, 6) is 0. The van der Waals surface area contributed by atoms with Gasteiger partial charge in [-0.2, -0.15) is 0 Å². The molecule has 6 nitrogen and oxygen atoms in total. The zero-order valence-electron chi connectivity index (χ0n) is 9.75. The Balaban J connectivity index is 0.000000325. The van der Waals surface area contributed by atoms with E-state index in [-0.39, 0.29) is 0 Å². The summed E-state index contributed by atoms with van der Waals surface area (Å²) in [6.07, 6.45) is 0. The minimum atomic E-state index is -2.92. The third-order valence-corrected chi connectivity index (χ3v) is 3.05. The van der Waals surface area contributed by atoms with Gasteiger partial charge in [0.05, 0.1) is 0 Å². The van der Waals surface area contributed by atoms with Gasteiger partial charge in [-0.05, 0) is 37.1 Å². The van der Waals surface area contributed by atoms with Crippen molar-refractivity contribution in [2.75, 3.05) is 12.4 Å². The van der Waals surface area contributed by atoms with Crippen molar-refractivity contribution in [1.82, 2.24) is 0 Å². The van der Waals surface area contributed by atoms with Gasteiger partial charge in [0.15, 0.2) is 4.31 Å². The molecule has 17 heavy (non-hydrogen) atoms. The zero-order chi connectivity index (χ0) is 13.4. The monoisotopic (exact) mass is 279 g/mol. The van der Waals surface area contributed by atoms with Crippen molar-refractivity contribution in [2.24, 2.45) is 0 Å². The summed E-state index contributed by atoms with van der Waals surface area (Å²) < 4.78 is 22.2. The Morgan fingerprint density at radius 1 is 1.12 bits per heavy atom. The summed E-state index contributed by atoms with van der Waals surface area (Å²) in [5.41, 5.74) is 3.87. The molecule has 0 saturated carbocycles. The fourth-order valence-electron chi connectivity index (χ4n) is 0.957. The van der Waals surface area contributed by atoms with Crippen LogP contribution < -0.4 is 5.32 Å². The predicted octanol–water partition coefficient (Wildman–Crippen LogP) is 2.65. The quantitative estimate of drug-likeness (QED) is 0.736. The Hall–Kier alpha value is -0.900. The van der Waals surface area contributed by atoms with E-state index >= 15 is 0 Å². The topological polar surface area (TPSA) is 95.9 Å². The highest BCUT2D eigenvalue weighted by atomic mass is 31.2. The lowest BCUT2D eigenvalue weighted by Crippen LogP contribution is -1.89. The van der Waals surface area contributed by atoms with Crippen molar-refractivity contribution in [3.8, 4) is 0 Å². The van der Waals surface area contributed by atoms with Crippen LogP contribution in [-0.2, 0) is 13.4 Å². The first-order chi connectivity index (χ1) is 7.86. The van der Waals surface area contributed by atoms with E-state index in [9.17, 15) is 9.13 Å². The second-order valence-electron chi connectivity index (χ2n) is 3.11. The minimum Gasteiger partial charge on any atom is -0.388 e. The average Bonchev–Trinajstić information content (AvgIpc) is 2.21. The maximum atomic E-state index is 9.39. The molecule has 0 radical (unpaired) electrons. The number of hydrogen-bond acceptors (Lipinski definition) is 4.